The van der Waals surface area contributed by atoms with Crippen LogP contribution in [0.2, 0.25) is 5.02 Å². The molecule has 3 heterocycles. The lowest BCUT2D eigenvalue weighted by molar-refractivity contribution is -0.00995. The largest absolute Gasteiger partial charge is 0.368 e. The maximum Gasteiger partial charge on any atom is 0.271 e. The fraction of sp³-hybridized carbons (Fsp3) is 0.381. The predicted octanol–water partition coefficient (Wildman–Crippen LogP) is 3.59. The molecule has 0 radical (unpaired) electrons. The van der Waals surface area contributed by atoms with Crippen LogP contribution in [0.5, 0.6) is 0 Å². The van der Waals surface area contributed by atoms with Gasteiger partial charge in [-0.05, 0) is 38.0 Å². The van der Waals surface area contributed by atoms with E-state index in [-0.39, 0.29) is 12.0 Å². The van der Waals surface area contributed by atoms with E-state index >= 15 is 0 Å². The molecule has 1 N–H and O–H groups in total. The lowest BCUT2D eigenvalue weighted by atomic mass is 10.1. The summed E-state index contributed by atoms with van der Waals surface area (Å²) in [4.78, 5) is 19.1. The maximum absolute atomic E-state index is 12.9. The normalized spacial score (nSPS) is 16.9. The molecule has 1 atom stereocenters. The zero-order valence-electron chi connectivity index (χ0n) is 16.6. The third kappa shape index (κ3) is 4.36. The number of halogens is 1. The minimum atomic E-state index is -0.0630. The monoisotopic (exact) mass is 413 g/mol. The molecule has 1 aliphatic rings. The summed E-state index contributed by atoms with van der Waals surface area (Å²) >= 11 is 6.05. The van der Waals surface area contributed by atoms with Gasteiger partial charge in [-0.1, -0.05) is 23.7 Å². The first-order valence-electron chi connectivity index (χ1n) is 9.70. The standard InChI is InChI=1S/C21H24ClN5O2/c1-14-11-23-20(26(14)2)13-29-17-7-4-8-27(12-17)21(28)19-10-18(24-25-19)15-5-3-6-16(22)9-15/h3,5-6,9-11,17H,4,7-8,12-13H2,1-2H3,(H,24,25). The van der Waals surface area contributed by atoms with Gasteiger partial charge < -0.3 is 14.2 Å². The van der Waals surface area contributed by atoms with E-state index in [0.29, 0.717) is 36.1 Å². The summed E-state index contributed by atoms with van der Waals surface area (Å²) in [7, 11) is 1.98. The summed E-state index contributed by atoms with van der Waals surface area (Å²) in [5, 5.41) is 7.78. The average Bonchev–Trinajstić information content (AvgIpc) is 3.34. The molecular weight excluding hydrogens is 390 g/mol. The minimum Gasteiger partial charge on any atom is -0.368 e. The second-order valence-corrected chi connectivity index (χ2v) is 7.81. The first kappa shape index (κ1) is 19.7. The van der Waals surface area contributed by atoms with Gasteiger partial charge in [-0.25, -0.2) is 4.98 Å². The van der Waals surface area contributed by atoms with Crippen molar-refractivity contribution in [2.45, 2.75) is 32.5 Å². The highest BCUT2D eigenvalue weighted by atomic mass is 35.5. The molecule has 0 aliphatic carbocycles. The van der Waals surface area contributed by atoms with Crippen molar-refractivity contribution in [1.29, 1.82) is 0 Å². The van der Waals surface area contributed by atoms with Gasteiger partial charge in [0.05, 0.1) is 11.8 Å². The first-order chi connectivity index (χ1) is 14.0. The number of hydrogen-bond acceptors (Lipinski definition) is 4. The number of likely N-dealkylation sites (tertiary alicyclic amines) is 1. The summed E-state index contributed by atoms with van der Waals surface area (Å²) in [5.74, 6) is 0.831. The van der Waals surface area contributed by atoms with Gasteiger partial charge in [0, 0.05) is 42.6 Å². The van der Waals surface area contributed by atoms with Gasteiger partial charge in [-0.15, -0.1) is 0 Å². The number of ether oxygens (including phenoxy) is 1. The topological polar surface area (TPSA) is 76.0 Å². The zero-order valence-corrected chi connectivity index (χ0v) is 17.3. The number of aryl methyl sites for hydroxylation is 1. The molecule has 1 unspecified atom stereocenters. The van der Waals surface area contributed by atoms with E-state index in [1.807, 2.05) is 53.9 Å². The third-order valence-corrected chi connectivity index (χ3v) is 5.59. The number of amides is 1. The van der Waals surface area contributed by atoms with Gasteiger partial charge in [0.2, 0.25) is 0 Å². The number of rotatable bonds is 5. The molecule has 1 aliphatic heterocycles. The molecule has 1 amide bonds. The number of imidazole rings is 1. The Labute approximate surface area is 174 Å². The van der Waals surface area contributed by atoms with E-state index in [4.69, 9.17) is 16.3 Å². The van der Waals surface area contributed by atoms with E-state index in [1.165, 1.54) is 0 Å². The first-order valence-corrected chi connectivity index (χ1v) is 10.1. The molecule has 0 saturated carbocycles. The maximum atomic E-state index is 12.9. The number of benzene rings is 1. The lowest BCUT2D eigenvalue weighted by Gasteiger charge is -2.32. The Balaban J connectivity index is 1.39. The number of aromatic nitrogens is 4. The second kappa shape index (κ2) is 8.39. The zero-order chi connectivity index (χ0) is 20.4. The van der Waals surface area contributed by atoms with Crippen molar-refractivity contribution in [2.24, 2.45) is 7.05 Å². The molecule has 0 bridgehead atoms. The Kier molecular flexibility index (Phi) is 5.69. The van der Waals surface area contributed by atoms with E-state index in [1.54, 1.807) is 6.07 Å². The van der Waals surface area contributed by atoms with Crippen molar-refractivity contribution >= 4 is 17.5 Å². The summed E-state index contributed by atoms with van der Waals surface area (Å²) in [6.45, 7) is 3.74. The molecule has 1 aromatic carbocycles. The SMILES string of the molecule is Cc1cnc(COC2CCCN(C(=O)c3cc(-c4cccc(Cl)c4)n[nH]3)C2)n1C. The smallest absolute Gasteiger partial charge is 0.271 e. The number of hydrogen-bond donors (Lipinski definition) is 1. The number of H-pyrrole nitrogens is 1. The van der Waals surface area contributed by atoms with Crippen molar-refractivity contribution in [3.63, 3.8) is 0 Å². The van der Waals surface area contributed by atoms with E-state index in [9.17, 15) is 4.79 Å². The minimum absolute atomic E-state index is 0.0000258. The van der Waals surface area contributed by atoms with Crippen LogP contribution in [0.25, 0.3) is 11.3 Å². The van der Waals surface area contributed by atoms with Crippen LogP contribution in [0.15, 0.2) is 36.5 Å². The quantitative estimate of drug-likeness (QED) is 0.693. The molecule has 7 nitrogen and oxygen atoms in total. The average molecular weight is 414 g/mol. The van der Waals surface area contributed by atoms with E-state index in [2.05, 4.69) is 15.2 Å². The molecule has 1 saturated heterocycles. The fourth-order valence-corrected chi connectivity index (χ4v) is 3.72. The molecule has 0 spiro atoms. The lowest BCUT2D eigenvalue weighted by Crippen LogP contribution is -2.43. The fourth-order valence-electron chi connectivity index (χ4n) is 3.53. The highest BCUT2D eigenvalue weighted by Crippen LogP contribution is 2.23. The van der Waals surface area contributed by atoms with Crippen LogP contribution in [-0.4, -0.2) is 49.7 Å². The van der Waals surface area contributed by atoms with Gasteiger partial charge in [-0.2, -0.15) is 5.10 Å². The number of carbonyl (C=O) groups is 1. The summed E-state index contributed by atoms with van der Waals surface area (Å²) in [5.41, 5.74) is 3.14. The molecule has 3 aromatic rings. The van der Waals surface area contributed by atoms with Gasteiger partial charge in [0.1, 0.15) is 18.1 Å². The molecular formula is C21H24ClN5O2. The van der Waals surface area contributed by atoms with Crippen LogP contribution in [0.1, 0.15) is 34.8 Å². The van der Waals surface area contributed by atoms with Crippen LogP contribution in [0, 0.1) is 6.92 Å². The Bertz CT molecular complexity index is 1010. The number of carbonyl (C=O) groups excluding carboxylic acids is 1. The molecule has 2 aromatic heterocycles. The van der Waals surface area contributed by atoms with Gasteiger partial charge in [0.25, 0.3) is 5.91 Å². The summed E-state index contributed by atoms with van der Waals surface area (Å²) in [6.07, 6.45) is 3.68. The summed E-state index contributed by atoms with van der Waals surface area (Å²) in [6, 6.07) is 9.19. The van der Waals surface area contributed by atoms with Crippen LogP contribution < -0.4 is 0 Å². The number of nitrogens with one attached hydrogen (secondary N) is 1. The van der Waals surface area contributed by atoms with Crippen molar-refractivity contribution in [2.75, 3.05) is 13.1 Å². The van der Waals surface area contributed by atoms with Crippen LogP contribution in [-0.2, 0) is 18.4 Å². The van der Waals surface area contributed by atoms with Crippen molar-refractivity contribution < 1.29 is 9.53 Å². The molecule has 152 valence electrons. The molecule has 29 heavy (non-hydrogen) atoms. The van der Waals surface area contributed by atoms with Crippen LogP contribution in [0.4, 0.5) is 0 Å². The second-order valence-electron chi connectivity index (χ2n) is 7.38. The van der Waals surface area contributed by atoms with Gasteiger partial charge >= 0.3 is 0 Å². The van der Waals surface area contributed by atoms with Gasteiger partial charge in [-0.3, -0.25) is 9.89 Å². The van der Waals surface area contributed by atoms with Crippen molar-refractivity contribution in [1.82, 2.24) is 24.6 Å². The Morgan fingerprint density at radius 1 is 1.38 bits per heavy atom. The Hall–Kier alpha value is -2.64. The third-order valence-electron chi connectivity index (χ3n) is 5.36. The van der Waals surface area contributed by atoms with Crippen LogP contribution in [0.3, 0.4) is 0 Å². The molecule has 8 heteroatoms. The number of piperidine rings is 1. The van der Waals surface area contributed by atoms with Crippen LogP contribution >= 0.6 is 11.6 Å². The van der Waals surface area contributed by atoms with Crippen molar-refractivity contribution in [3.8, 4) is 11.3 Å². The highest BCUT2D eigenvalue weighted by molar-refractivity contribution is 6.30. The van der Waals surface area contributed by atoms with Crippen molar-refractivity contribution in [3.05, 3.63) is 58.8 Å². The molecule has 4 rings (SSSR count). The highest BCUT2D eigenvalue weighted by Gasteiger charge is 2.26. The van der Waals surface area contributed by atoms with E-state index in [0.717, 1.165) is 29.9 Å². The molecule has 1 fully saturated rings. The number of aromatic amines is 1. The predicted molar refractivity (Wildman–Crippen MR) is 111 cm³/mol. The van der Waals surface area contributed by atoms with E-state index < -0.39 is 0 Å². The summed E-state index contributed by atoms with van der Waals surface area (Å²) < 4.78 is 8.07. The Morgan fingerprint density at radius 3 is 3.00 bits per heavy atom. The number of nitrogens with zero attached hydrogens (tertiary/aromatic N) is 4. The van der Waals surface area contributed by atoms with Gasteiger partial charge in [0.15, 0.2) is 0 Å². The Morgan fingerprint density at radius 2 is 2.24 bits per heavy atom.